The molecule has 0 bridgehead atoms. The first-order chi connectivity index (χ1) is 14.6. The molecule has 2 heterocycles. The number of rotatable bonds is 4. The molecule has 148 valence electrons. The third-order valence-corrected chi connectivity index (χ3v) is 5.15. The standard InChI is InChI=1S/C24H16FNO4/c25-19-9-5-4-8-16(19)12-26-13-18(23(27)15-6-2-1-3-7-15)24(28)17-10-21-22(11-20(17)26)30-14-29-21/h1-11,13H,12,14H2. The van der Waals surface area contributed by atoms with Crippen molar-refractivity contribution in [3.8, 4) is 11.5 Å². The second-order valence-corrected chi connectivity index (χ2v) is 7.01. The van der Waals surface area contributed by atoms with E-state index >= 15 is 0 Å². The van der Waals surface area contributed by atoms with E-state index < -0.39 is 5.43 Å². The summed E-state index contributed by atoms with van der Waals surface area (Å²) in [5.74, 6) is 0.205. The van der Waals surface area contributed by atoms with E-state index in [2.05, 4.69) is 0 Å². The molecular weight excluding hydrogens is 385 g/mol. The van der Waals surface area contributed by atoms with Gasteiger partial charge >= 0.3 is 0 Å². The maximum Gasteiger partial charge on any atom is 0.231 e. The zero-order chi connectivity index (χ0) is 20.7. The molecule has 1 aliphatic heterocycles. The number of hydrogen-bond acceptors (Lipinski definition) is 4. The monoisotopic (exact) mass is 401 g/mol. The van der Waals surface area contributed by atoms with Gasteiger partial charge in [0.15, 0.2) is 17.3 Å². The second kappa shape index (κ2) is 7.15. The van der Waals surface area contributed by atoms with Crippen LogP contribution in [0, 0.1) is 5.82 Å². The average Bonchev–Trinajstić information content (AvgIpc) is 3.24. The molecule has 0 spiro atoms. The molecule has 30 heavy (non-hydrogen) atoms. The molecule has 6 heteroatoms. The molecule has 0 N–H and O–H groups in total. The number of aromatic nitrogens is 1. The van der Waals surface area contributed by atoms with Gasteiger partial charge < -0.3 is 14.0 Å². The predicted molar refractivity (Wildman–Crippen MR) is 110 cm³/mol. The van der Waals surface area contributed by atoms with Gasteiger partial charge in [-0.25, -0.2) is 4.39 Å². The number of carbonyl (C=O) groups is 1. The van der Waals surface area contributed by atoms with Crippen molar-refractivity contribution in [3.05, 3.63) is 106 Å². The number of fused-ring (bicyclic) bond motifs is 2. The Bertz CT molecular complexity index is 1340. The lowest BCUT2D eigenvalue weighted by Gasteiger charge is -2.14. The van der Waals surface area contributed by atoms with Crippen LogP contribution in [0.15, 0.2) is 77.7 Å². The van der Waals surface area contributed by atoms with Crippen molar-refractivity contribution in [2.75, 3.05) is 6.79 Å². The normalized spacial score (nSPS) is 12.3. The summed E-state index contributed by atoms with van der Waals surface area (Å²) in [5, 5.41) is 0.317. The lowest BCUT2D eigenvalue weighted by molar-refractivity contribution is 0.103. The van der Waals surface area contributed by atoms with Crippen LogP contribution in [0.4, 0.5) is 4.39 Å². The molecule has 0 radical (unpaired) electrons. The van der Waals surface area contributed by atoms with Crippen LogP contribution in [0.2, 0.25) is 0 Å². The van der Waals surface area contributed by atoms with Crippen molar-refractivity contribution < 1.29 is 18.7 Å². The summed E-state index contributed by atoms with van der Waals surface area (Å²) in [6, 6.07) is 18.3. The Labute approximate surface area is 170 Å². The highest BCUT2D eigenvalue weighted by Gasteiger charge is 2.22. The fraction of sp³-hybridized carbons (Fsp3) is 0.0833. The summed E-state index contributed by atoms with van der Waals surface area (Å²) in [6.07, 6.45) is 1.49. The van der Waals surface area contributed by atoms with E-state index in [1.165, 1.54) is 12.3 Å². The van der Waals surface area contributed by atoms with Crippen molar-refractivity contribution in [1.82, 2.24) is 4.57 Å². The molecule has 0 saturated carbocycles. The summed E-state index contributed by atoms with van der Waals surface area (Å²) < 4.78 is 26.9. The molecule has 0 fully saturated rings. The number of pyridine rings is 1. The van der Waals surface area contributed by atoms with E-state index in [0.29, 0.717) is 33.5 Å². The van der Waals surface area contributed by atoms with Crippen LogP contribution in [0.5, 0.6) is 11.5 Å². The number of ether oxygens (including phenoxy) is 2. The molecule has 0 aliphatic carbocycles. The molecule has 0 saturated heterocycles. The van der Waals surface area contributed by atoms with Crippen LogP contribution in [-0.2, 0) is 6.54 Å². The number of carbonyl (C=O) groups excluding carboxylic acids is 1. The fourth-order valence-corrected chi connectivity index (χ4v) is 3.63. The van der Waals surface area contributed by atoms with Crippen molar-refractivity contribution >= 4 is 16.7 Å². The van der Waals surface area contributed by atoms with Crippen molar-refractivity contribution in [2.45, 2.75) is 6.54 Å². The molecule has 1 aliphatic rings. The Morgan fingerprint density at radius 2 is 1.67 bits per heavy atom. The number of benzene rings is 3. The van der Waals surface area contributed by atoms with E-state index in [4.69, 9.17) is 9.47 Å². The second-order valence-electron chi connectivity index (χ2n) is 7.01. The highest BCUT2D eigenvalue weighted by atomic mass is 19.1. The molecule has 1 aromatic heterocycles. The Balaban J connectivity index is 1.74. The maximum atomic E-state index is 14.3. The SMILES string of the molecule is O=C(c1ccccc1)c1cn(Cc2ccccc2F)c2cc3c(cc2c1=O)OCO3. The number of halogens is 1. The van der Waals surface area contributed by atoms with Gasteiger partial charge in [0.25, 0.3) is 0 Å². The molecule has 4 aromatic rings. The Morgan fingerprint density at radius 3 is 2.43 bits per heavy atom. The van der Waals surface area contributed by atoms with E-state index in [1.54, 1.807) is 65.2 Å². The van der Waals surface area contributed by atoms with Crippen LogP contribution in [0.3, 0.4) is 0 Å². The van der Waals surface area contributed by atoms with Gasteiger partial charge in [-0.15, -0.1) is 0 Å². The zero-order valence-corrected chi connectivity index (χ0v) is 15.8. The van der Waals surface area contributed by atoms with E-state index in [0.717, 1.165) is 0 Å². The largest absolute Gasteiger partial charge is 0.454 e. The molecule has 5 rings (SSSR count). The molecule has 5 nitrogen and oxygen atoms in total. The topological polar surface area (TPSA) is 57.5 Å². The Kier molecular flexibility index (Phi) is 4.32. The summed E-state index contributed by atoms with van der Waals surface area (Å²) in [6.45, 7) is 0.209. The Hall–Kier alpha value is -3.93. The van der Waals surface area contributed by atoms with Crippen LogP contribution >= 0.6 is 0 Å². The number of ketones is 1. The highest BCUT2D eigenvalue weighted by Crippen LogP contribution is 2.35. The summed E-state index contributed by atoms with van der Waals surface area (Å²) in [5.41, 5.74) is 1.01. The van der Waals surface area contributed by atoms with Crippen molar-refractivity contribution in [1.29, 1.82) is 0 Å². The van der Waals surface area contributed by atoms with Crippen molar-refractivity contribution in [2.24, 2.45) is 0 Å². The predicted octanol–water partition coefficient (Wildman–Crippen LogP) is 4.15. The fourth-order valence-electron chi connectivity index (χ4n) is 3.63. The molecular formula is C24H16FNO4. The molecule has 0 atom stereocenters. The first-order valence-corrected chi connectivity index (χ1v) is 9.42. The molecule has 3 aromatic carbocycles. The van der Waals surface area contributed by atoms with E-state index in [-0.39, 0.29) is 30.5 Å². The van der Waals surface area contributed by atoms with Gasteiger partial charge in [-0.3, -0.25) is 9.59 Å². The first kappa shape index (κ1) is 18.1. The van der Waals surface area contributed by atoms with E-state index in [1.807, 2.05) is 0 Å². The first-order valence-electron chi connectivity index (χ1n) is 9.42. The minimum atomic E-state index is -0.401. The van der Waals surface area contributed by atoms with Gasteiger partial charge in [0.05, 0.1) is 23.0 Å². The van der Waals surface area contributed by atoms with Gasteiger partial charge in [-0.2, -0.15) is 0 Å². The summed E-state index contributed by atoms with van der Waals surface area (Å²) in [4.78, 5) is 26.3. The molecule has 0 unspecified atom stereocenters. The third-order valence-electron chi connectivity index (χ3n) is 5.15. The van der Waals surface area contributed by atoms with Crippen molar-refractivity contribution in [3.63, 3.8) is 0 Å². The van der Waals surface area contributed by atoms with Crippen LogP contribution in [-0.4, -0.2) is 17.1 Å². The summed E-state index contributed by atoms with van der Waals surface area (Å²) in [7, 11) is 0. The summed E-state index contributed by atoms with van der Waals surface area (Å²) >= 11 is 0. The van der Waals surface area contributed by atoms with Gasteiger partial charge in [-0.05, 0) is 12.1 Å². The third kappa shape index (κ3) is 3.03. The van der Waals surface area contributed by atoms with Crippen LogP contribution in [0.1, 0.15) is 21.5 Å². The smallest absolute Gasteiger partial charge is 0.231 e. The number of hydrogen-bond donors (Lipinski definition) is 0. The van der Waals surface area contributed by atoms with Gasteiger partial charge in [0.2, 0.25) is 12.2 Å². The lowest BCUT2D eigenvalue weighted by atomic mass is 10.0. The quantitative estimate of drug-likeness (QED) is 0.482. The zero-order valence-electron chi connectivity index (χ0n) is 15.8. The van der Waals surface area contributed by atoms with Gasteiger partial charge in [-0.1, -0.05) is 48.5 Å². The minimum absolute atomic E-state index is 0.0175. The number of nitrogens with zero attached hydrogens (tertiary/aromatic N) is 1. The molecule has 0 amide bonds. The minimum Gasteiger partial charge on any atom is -0.454 e. The van der Waals surface area contributed by atoms with Crippen LogP contribution < -0.4 is 14.9 Å². The lowest BCUT2D eigenvalue weighted by Crippen LogP contribution is -2.20. The average molecular weight is 401 g/mol. The van der Waals surface area contributed by atoms with E-state index in [9.17, 15) is 14.0 Å². The van der Waals surface area contributed by atoms with Crippen LogP contribution in [0.25, 0.3) is 10.9 Å². The Morgan fingerprint density at radius 1 is 0.967 bits per heavy atom. The van der Waals surface area contributed by atoms with Gasteiger partial charge in [0.1, 0.15) is 5.82 Å². The van der Waals surface area contributed by atoms with Gasteiger partial charge in [0, 0.05) is 23.4 Å². The highest BCUT2D eigenvalue weighted by molar-refractivity contribution is 6.10. The maximum absolute atomic E-state index is 14.3.